The number of nitrogens with one attached hydrogen (secondary N) is 1. The highest BCUT2D eigenvalue weighted by Gasteiger charge is 2.19. The van der Waals surface area contributed by atoms with E-state index < -0.39 is 6.10 Å². The third-order valence-corrected chi connectivity index (χ3v) is 4.44. The van der Waals surface area contributed by atoms with Crippen molar-refractivity contribution >= 4 is 11.9 Å². The molecule has 1 N–H and O–H groups in total. The molecule has 1 atom stereocenters. The van der Waals surface area contributed by atoms with E-state index in [0.717, 1.165) is 23.3 Å². The average molecular weight is 415 g/mol. The number of amides is 1. The summed E-state index contributed by atoms with van der Waals surface area (Å²) in [4.78, 5) is 23.8. The van der Waals surface area contributed by atoms with Crippen molar-refractivity contribution in [2.24, 2.45) is 0 Å². The number of hydrogen-bond donors (Lipinski definition) is 1. The molecule has 0 bridgehead atoms. The van der Waals surface area contributed by atoms with Crippen LogP contribution < -0.4 is 14.8 Å². The highest BCUT2D eigenvalue weighted by atomic mass is 16.6. The van der Waals surface area contributed by atoms with Gasteiger partial charge in [-0.2, -0.15) is 0 Å². The minimum Gasteiger partial charge on any atom is -0.497 e. The normalized spacial score (nSPS) is 11.4. The van der Waals surface area contributed by atoms with Crippen LogP contribution >= 0.6 is 0 Å². The number of rotatable bonds is 12. The molecule has 7 heteroatoms. The molecule has 0 aliphatic rings. The van der Waals surface area contributed by atoms with Gasteiger partial charge < -0.3 is 24.3 Å². The van der Waals surface area contributed by atoms with Gasteiger partial charge in [-0.05, 0) is 48.7 Å². The van der Waals surface area contributed by atoms with Crippen molar-refractivity contribution in [2.45, 2.75) is 25.9 Å². The fourth-order valence-corrected chi connectivity index (χ4v) is 2.77. The van der Waals surface area contributed by atoms with Crippen LogP contribution in [0.2, 0.25) is 0 Å². The smallest absolute Gasteiger partial charge is 0.335 e. The summed E-state index contributed by atoms with van der Waals surface area (Å²) < 4.78 is 20.8. The quantitative estimate of drug-likeness (QED) is 0.537. The molecule has 30 heavy (non-hydrogen) atoms. The minimum atomic E-state index is -0.645. The summed E-state index contributed by atoms with van der Waals surface area (Å²) >= 11 is 0. The van der Waals surface area contributed by atoms with Crippen molar-refractivity contribution in [3.05, 3.63) is 59.7 Å². The number of methoxy groups -OCH3 is 2. The zero-order valence-corrected chi connectivity index (χ0v) is 17.7. The van der Waals surface area contributed by atoms with Gasteiger partial charge in [-0.1, -0.05) is 24.3 Å². The Morgan fingerprint density at radius 2 is 1.57 bits per heavy atom. The van der Waals surface area contributed by atoms with Gasteiger partial charge in [0.15, 0.2) is 12.7 Å². The van der Waals surface area contributed by atoms with Gasteiger partial charge >= 0.3 is 5.97 Å². The summed E-state index contributed by atoms with van der Waals surface area (Å²) in [5.41, 5.74) is 2.02. The first-order chi connectivity index (χ1) is 14.5. The van der Waals surface area contributed by atoms with Crippen LogP contribution in [-0.4, -0.2) is 52.0 Å². The zero-order chi connectivity index (χ0) is 21.8. The van der Waals surface area contributed by atoms with Gasteiger partial charge in [0.25, 0.3) is 5.91 Å². The maximum Gasteiger partial charge on any atom is 0.335 e. The van der Waals surface area contributed by atoms with Crippen molar-refractivity contribution in [1.29, 1.82) is 0 Å². The molecule has 2 aromatic rings. The Hall–Kier alpha value is -3.06. The predicted octanol–water partition coefficient (Wildman–Crippen LogP) is 2.55. The van der Waals surface area contributed by atoms with E-state index in [1.165, 1.54) is 7.11 Å². The molecule has 0 saturated carbocycles. The van der Waals surface area contributed by atoms with Gasteiger partial charge in [-0.25, -0.2) is 4.79 Å². The lowest BCUT2D eigenvalue weighted by Crippen LogP contribution is -2.30. The minimum absolute atomic E-state index is 0.0640. The lowest BCUT2D eigenvalue weighted by Gasteiger charge is -2.14. The van der Waals surface area contributed by atoms with Crippen LogP contribution in [-0.2, 0) is 31.9 Å². The third kappa shape index (κ3) is 7.75. The zero-order valence-electron chi connectivity index (χ0n) is 17.7. The van der Waals surface area contributed by atoms with E-state index in [0.29, 0.717) is 25.3 Å². The van der Waals surface area contributed by atoms with Gasteiger partial charge in [0, 0.05) is 20.1 Å². The fraction of sp³-hybridized carbons (Fsp3) is 0.391. The Morgan fingerprint density at radius 3 is 2.17 bits per heavy atom. The molecule has 0 fully saturated rings. The van der Waals surface area contributed by atoms with Crippen molar-refractivity contribution < 1.29 is 28.5 Å². The van der Waals surface area contributed by atoms with E-state index in [1.54, 1.807) is 26.2 Å². The second-order valence-electron chi connectivity index (χ2n) is 6.56. The van der Waals surface area contributed by atoms with E-state index >= 15 is 0 Å². The number of esters is 1. The summed E-state index contributed by atoms with van der Waals surface area (Å²) in [5.74, 6) is 0.816. The molecular weight excluding hydrogens is 386 g/mol. The van der Waals surface area contributed by atoms with Crippen LogP contribution in [0.1, 0.15) is 18.1 Å². The molecule has 162 valence electrons. The SMILES string of the molecule is CCOC(=O)C(Cc1ccc(OCC(=O)NCCc2ccc(OC)cc2)cc1)OC. The molecule has 0 heterocycles. The second kappa shape index (κ2) is 12.5. The molecule has 1 unspecified atom stereocenters. The van der Waals surface area contributed by atoms with Gasteiger partial charge in [-0.3, -0.25) is 4.79 Å². The monoisotopic (exact) mass is 415 g/mol. The molecule has 0 aromatic heterocycles. The Balaban J connectivity index is 1.72. The first-order valence-electron chi connectivity index (χ1n) is 9.86. The molecule has 7 nitrogen and oxygen atoms in total. The third-order valence-electron chi connectivity index (χ3n) is 4.44. The Kier molecular flexibility index (Phi) is 9.67. The van der Waals surface area contributed by atoms with Crippen molar-refractivity contribution in [3.63, 3.8) is 0 Å². The van der Waals surface area contributed by atoms with Gasteiger partial charge in [0.1, 0.15) is 11.5 Å². The molecule has 0 aliphatic carbocycles. The van der Waals surface area contributed by atoms with Crippen LogP contribution in [0.3, 0.4) is 0 Å². The lowest BCUT2D eigenvalue weighted by atomic mass is 10.1. The van der Waals surface area contributed by atoms with Crippen LogP contribution in [0, 0.1) is 0 Å². The molecule has 0 aliphatic heterocycles. The van der Waals surface area contributed by atoms with Crippen LogP contribution in [0.5, 0.6) is 11.5 Å². The van der Waals surface area contributed by atoms with Crippen LogP contribution in [0.15, 0.2) is 48.5 Å². The Labute approximate surface area is 177 Å². The van der Waals surface area contributed by atoms with E-state index in [2.05, 4.69) is 5.32 Å². The van der Waals surface area contributed by atoms with Crippen molar-refractivity contribution in [1.82, 2.24) is 5.32 Å². The summed E-state index contributed by atoms with van der Waals surface area (Å²) in [5, 5.41) is 2.84. The molecular formula is C23H29NO6. The first-order valence-corrected chi connectivity index (χ1v) is 9.86. The van der Waals surface area contributed by atoms with E-state index in [-0.39, 0.29) is 18.5 Å². The van der Waals surface area contributed by atoms with E-state index in [4.69, 9.17) is 18.9 Å². The first kappa shape index (κ1) is 23.2. The maximum atomic E-state index is 12.0. The topological polar surface area (TPSA) is 83.1 Å². The summed E-state index contributed by atoms with van der Waals surface area (Å²) in [7, 11) is 3.11. The molecule has 1 amide bonds. The fourth-order valence-electron chi connectivity index (χ4n) is 2.77. The number of hydrogen-bond acceptors (Lipinski definition) is 6. The van der Waals surface area contributed by atoms with E-state index in [9.17, 15) is 9.59 Å². The lowest BCUT2D eigenvalue weighted by molar-refractivity contribution is -0.154. The van der Waals surface area contributed by atoms with Crippen molar-refractivity contribution in [2.75, 3.05) is 34.0 Å². The highest BCUT2D eigenvalue weighted by Crippen LogP contribution is 2.15. The summed E-state index contributed by atoms with van der Waals surface area (Å²) in [6, 6.07) is 14.9. The summed E-state index contributed by atoms with van der Waals surface area (Å²) in [6.45, 7) is 2.53. The molecule has 0 saturated heterocycles. The number of ether oxygens (including phenoxy) is 4. The van der Waals surface area contributed by atoms with Crippen molar-refractivity contribution in [3.8, 4) is 11.5 Å². The maximum absolute atomic E-state index is 12.0. The standard InChI is InChI=1S/C23H29NO6/c1-4-29-23(26)21(28-3)15-18-7-11-20(12-8-18)30-16-22(25)24-14-13-17-5-9-19(27-2)10-6-17/h5-12,21H,4,13-16H2,1-3H3,(H,24,25). The van der Waals surface area contributed by atoms with Gasteiger partial charge in [0.2, 0.25) is 0 Å². The number of benzene rings is 2. The Bertz CT molecular complexity index is 788. The number of carbonyl (C=O) groups excluding carboxylic acids is 2. The van der Waals surface area contributed by atoms with Crippen LogP contribution in [0.4, 0.5) is 0 Å². The molecule has 0 radical (unpaired) electrons. The van der Waals surface area contributed by atoms with Crippen LogP contribution in [0.25, 0.3) is 0 Å². The largest absolute Gasteiger partial charge is 0.497 e. The predicted molar refractivity (Wildman–Crippen MR) is 113 cm³/mol. The molecule has 2 rings (SSSR count). The Morgan fingerprint density at radius 1 is 0.933 bits per heavy atom. The number of carbonyl (C=O) groups is 2. The van der Waals surface area contributed by atoms with Gasteiger partial charge in [0.05, 0.1) is 13.7 Å². The van der Waals surface area contributed by atoms with Gasteiger partial charge in [-0.15, -0.1) is 0 Å². The average Bonchev–Trinajstić information content (AvgIpc) is 2.77. The molecule has 2 aromatic carbocycles. The highest BCUT2D eigenvalue weighted by molar-refractivity contribution is 5.77. The van der Waals surface area contributed by atoms with E-state index in [1.807, 2.05) is 36.4 Å². The second-order valence-corrected chi connectivity index (χ2v) is 6.56. The summed E-state index contributed by atoms with van der Waals surface area (Å²) in [6.07, 6.45) is 0.487. The molecule has 0 spiro atoms.